The second kappa shape index (κ2) is 4.99. The van der Waals surface area contributed by atoms with Crippen LogP contribution in [0.25, 0.3) is 0 Å². The van der Waals surface area contributed by atoms with E-state index in [-0.39, 0.29) is 8.25 Å². The Morgan fingerprint density at radius 3 is 2.36 bits per heavy atom. The van der Waals surface area contributed by atoms with Crippen LogP contribution < -0.4 is 4.74 Å². The summed E-state index contributed by atoms with van der Waals surface area (Å²) in [7, 11) is 0. The predicted molar refractivity (Wildman–Crippen MR) is 70.7 cm³/mol. The minimum Gasteiger partial charge on any atom is -0.491 e. The zero-order valence-electron chi connectivity index (χ0n) is 7.93. The van der Waals surface area contributed by atoms with E-state index in [4.69, 9.17) is 4.74 Å². The molecule has 0 N–H and O–H groups in total. The SMILES string of the molecule is CC(C)Oc1cccc(C(Br)(Br)Br)c1. The number of ether oxygens (including phenoxy) is 1. The molecule has 0 aliphatic rings. The first-order chi connectivity index (χ1) is 6.39. The summed E-state index contributed by atoms with van der Waals surface area (Å²) in [5, 5.41) is 0. The van der Waals surface area contributed by atoms with Crippen LogP contribution in [0.15, 0.2) is 24.3 Å². The summed E-state index contributed by atoms with van der Waals surface area (Å²) in [6.07, 6.45) is 0.195. The lowest BCUT2D eigenvalue weighted by Crippen LogP contribution is -2.06. The maximum atomic E-state index is 5.59. The average molecular weight is 387 g/mol. The molecule has 0 fully saturated rings. The molecule has 0 bridgehead atoms. The van der Waals surface area contributed by atoms with E-state index in [0.29, 0.717) is 0 Å². The van der Waals surface area contributed by atoms with Crippen molar-refractivity contribution in [2.45, 2.75) is 22.1 Å². The minimum atomic E-state index is -0.372. The fourth-order valence-corrected chi connectivity index (χ4v) is 1.76. The van der Waals surface area contributed by atoms with Crippen molar-refractivity contribution >= 4 is 47.8 Å². The van der Waals surface area contributed by atoms with Crippen LogP contribution in [0.2, 0.25) is 0 Å². The molecule has 0 aliphatic heterocycles. The smallest absolute Gasteiger partial charge is 0.160 e. The summed E-state index contributed by atoms with van der Waals surface area (Å²) in [6, 6.07) is 7.90. The normalized spacial score (nSPS) is 11.9. The molecule has 1 aromatic rings. The lowest BCUT2D eigenvalue weighted by Gasteiger charge is -2.15. The van der Waals surface area contributed by atoms with Gasteiger partial charge in [0, 0.05) is 0 Å². The molecule has 78 valence electrons. The first-order valence-electron chi connectivity index (χ1n) is 4.23. The highest BCUT2D eigenvalue weighted by atomic mass is 80.0. The monoisotopic (exact) mass is 384 g/mol. The molecule has 0 radical (unpaired) electrons. The van der Waals surface area contributed by atoms with E-state index >= 15 is 0 Å². The summed E-state index contributed by atoms with van der Waals surface area (Å²) >= 11 is 10.4. The number of halogens is 3. The summed E-state index contributed by atoms with van der Waals surface area (Å²) in [5.74, 6) is 0.875. The van der Waals surface area contributed by atoms with Gasteiger partial charge in [-0.3, -0.25) is 0 Å². The van der Waals surface area contributed by atoms with E-state index in [1.807, 2.05) is 38.1 Å². The summed E-state index contributed by atoms with van der Waals surface area (Å²) in [6.45, 7) is 4.02. The lowest BCUT2D eigenvalue weighted by molar-refractivity contribution is 0.242. The van der Waals surface area contributed by atoms with E-state index in [9.17, 15) is 0 Å². The van der Waals surface area contributed by atoms with Gasteiger partial charge >= 0.3 is 0 Å². The molecule has 14 heavy (non-hydrogen) atoms. The van der Waals surface area contributed by atoms with Gasteiger partial charge in [-0.2, -0.15) is 0 Å². The highest BCUT2D eigenvalue weighted by Gasteiger charge is 2.20. The Labute approximate surface area is 110 Å². The van der Waals surface area contributed by atoms with Crippen molar-refractivity contribution < 1.29 is 4.74 Å². The second-order valence-corrected chi connectivity index (χ2v) is 9.95. The fraction of sp³-hybridized carbons (Fsp3) is 0.400. The van der Waals surface area contributed by atoms with Crippen molar-refractivity contribution in [2.75, 3.05) is 0 Å². The summed E-state index contributed by atoms with van der Waals surface area (Å²) in [5.41, 5.74) is 1.07. The molecule has 0 aliphatic carbocycles. The molecule has 0 unspecified atom stereocenters. The zero-order chi connectivity index (χ0) is 10.8. The predicted octanol–water partition coefficient (Wildman–Crippen LogP) is 4.77. The van der Waals surface area contributed by atoms with Gasteiger partial charge in [0.25, 0.3) is 0 Å². The third-order valence-corrected chi connectivity index (χ3v) is 2.91. The third kappa shape index (κ3) is 3.91. The molecule has 0 amide bonds. The van der Waals surface area contributed by atoms with Gasteiger partial charge < -0.3 is 4.74 Å². The van der Waals surface area contributed by atoms with Gasteiger partial charge in [-0.25, -0.2) is 0 Å². The van der Waals surface area contributed by atoms with Crippen molar-refractivity contribution in [2.24, 2.45) is 0 Å². The van der Waals surface area contributed by atoms with Gasteiger partial charge in [0.1, 0.15) is 5.75 Å². The Balaban J connectivity index is 2.90. The average Bonchev–Trinajstić information content (AvgIpc) is 2.01. The number of rotatable bonds is 2. The van der Waals surface area contributed by atoms with Crippen LogP contribution in [0.1, 0.15) is 19.4 Å². The van der Waals surface area contributed by atoms with Gasteiger partial charge in [-0.05, 0) is 31.5 Å². The molecular formula is C10H11Br3O. The van der Waals surface area contributed by atoms with Crippen LogP contribution in [0.4, 0.5) is 0 Å². The van der Waals surface area contributed by atoms with Crippen LogP contribution in [-0.2, 0) is 2.14 Å². The summed E-state index contributed by atoms with van der Waals surface area (Å²) < 4.78 is 5.22. The number of hydrogen-bond donors (Lipinski definition) is 0. The Morgan fingerprint density at radius 2 is 1.86 bits per heavy atom. The van der Waals surface area contributed by atoms with Gasteiger partial charge in [0.15, 0.2) is 2.14 Å². The van der Waals surface area contributed by atoms with Crippen molar-refractivity contribution in [1.82, 2.24) is 0 Å². The minimum absolute atomic E-state index is 0.195. The third-order valence-electron chi connectivity index (χ3n) is 1.53. The largest absolute Gasteiger partial charge is 0.491 e. The summed E-state index contributed by atoms with van der Waals surface area (Å²) in [4.78, 5) is 0. The fourth-order valence-electron chi connectivity index (χ4n) is 1.02. The van der Waals surface area contributed by atoms with E-state index in [1.165, 1.54) is 0 Å². The van der Waals surface area contributed by atoms with Gasteiger partial charge in [0.05, 0.1) is 6.10 Å². The molecule has 0 aromatic heterocycles. The zero-order valence-corrected chi connectivity index (χ0v) is 12.7. The Bertz CT molecular complexity index is 304. The molecule has 0 heterocycles. The molecule has 1 aromatic carbocycles. The quantitative estimate of drug-likeness (QED) is 0.665. The van der Waals surface area contributed by atoms with Crippen LogP contribution in [0.5, 0.6) is 5.75 Å². The molecule has 0 atom stereocenters. The second-order valence-electron chi connectivity index (χ2n) is 3.19. The Hall–Kier alpha value is 0.460. The topological polar surface area (TPSA) is 9.23 Å². The molecular weight excluding hydrogens is 376 g/mol. The molecule has 0 spiro atoms. The molecule has 1 rings (SSSR count). The van der Waals surface area contributed by atoms with Gasteiger partial charge in [0.2, 0.25) is 0 Å². The van der Waals surface area contributed by atoms with Crippen LogP contribution in [0.3, 0.4) is 0 Å². The lowest BCUT2D eigenvalue weighted by atomic mass is 10.2. The molecule has 0 saturated heterocycles. The standard InChI is InChI=1S/C10H11Br3O/c1-7(2)14-9-5-3-4-8(6-9)10(11,12)13/h3-7H,1-2H3. The molecule has 1 nitrogen and oxygen atoms in total. The first kappa shape index (κ1) is 12.5. The first-order valence-corrected chi connectivity index (χ1v) is 6.61. The molecule has 0 saturated carbocycles. The van der Waals surface area contributed by atoms with Crippen molar-refractivity contribution in [3.8, 4) is 5.75 Å². The van der Waals surface area contributed by atoms with Crippen molar-refractivity contribution in [3.63, 3.8) is 0 Å². The van der Waals surface area contributed by atoms with Crippen LogP contribution in [-0.4, -0.2) is 6.10 Å². The van der Waals surface area contributed by atoms with E-state index in [1.54, 1.807) is 0 Å². The van der Waals surface area contributed by atoms with Crippen LogP contribution >= 0.6 is 47.8 Å². The van der Waals surface area contributed by atoms with Gasteiger partial charge in [-0.15, -0.1) is 0 Å². The van der Waals surface area contributed by atoms with Gasteiger partial charge in [-0.1, -0.05) is 59.9 Å². The number of hydrogen-bond acceptors (Lipinski definition) is 1. The highest BCUT2D eigenvalue weighted by molar-refractivity contribution is 9.38. The Morgan fingerprint density at radius 1 is 1.21 bits per heavy atom. The van der Waals surface area contributed by atoms with E-state index in [2.05, 4.69) is 47.8 Å². The maximum absolute atomic E-state index is 5.59. The van der Waals surface area contributed by atoms with E-state index in [0.717, 1.165) is 11.3 Å². The highest BCUT2D eigenvalue weighted by Crippen LogP contribution is 2.45. The number of alkyl halides is 3. The van der Waals surface area contributed by atoms with Crippen molar-refractivity contribution in [3.05, 3.63) is 29.8 Å². The maximum Gasteiger partial charge on any atom is 0.160 e. The Kier molecular flexibility index (Phi) is 4.47. The van der Waals surface area contributed by atoms with Crippen LogP contribution in [0, 0.1) is 0 Å². The van der Waals surface area contributed by atoms with Crippen molar-refractivity contribution in [1.29, 1.82) is 0 Å². The van der Waals surface area contributed by atoms with E-state index < -0.39 is 0 Å². The molecule has 4 heteroatoms. The number of benzene rings is 1.